The van der Waals surface area contributed by atoms with Crippen molar-refractivity contribution in [1.29, 1.82) is 0 Å². The molecule has 19 heavy (non-hydrogen) atoms. The molecule has 0 aliphatic rings. The smallest absolute Gasteiger partial charge is 0.180 e. The first-order chi connectivity index (χ1) is 8.81. The molecule has 4 nitrogen and oxygen atoms in total. The van der Waals surface area contributed by atoms with E-state index in [9.17, 15) is 15.0 Å². The molecule has 4 heteroatoms. The van der Waals surface area contributed by atoms with E-state index in [0.29, 0.717) is 5.92 Å². The molecule has 0 atom stereocenters. The Labute approximate surface area is 114 Å². The van der Waals surface area contributed by atoms with Gasteiger partial charge in [0.2, 0.25) is 0 Å². The summed E-state index contributed by atoms with van der Waals surface area (Å²) in [5, 5.41) is 18.9. The minimum atomic E-state index is -0.168. The van der Waals surface area contributed by atoms with Gasteiger partial charge in [0.15, 0.2) is 5.78 Å². The van der Waals surface area contributed by atoms with E-state index < -0.39 is 0 Å². The minimum Gasteiger partial charge on any atom is -0.508 e. The molecule has 0 radical (unpaired) electrons. The molecule has 0 heterocycles. The lowest BCUT2D eigenvalue weighted by Gasteiger charge is -2.27. The number of carbonyl (C=O) groups is 1. The monoisotopic (exact) mass is 265 g/mol. The zero-order chi connectivity index (χ0) is 14.6. The van der Waals surface area contributed by atoms with E-state index in [0.717, 1.165) is 6.54 Å². The molecule has 106 valence electrons. The Morgan fingerprint density at radius 2 is 1.84 bits per heavy atom. The summed E-state index contributed by atoms with van der Waals surface area (Å²) in [4.78, 5) is 14.3. The highest BCUT2D eigenvalue weighted by molar-refractivity contribution is 6.00. The first-order valence-electron chi connectivity index (χ1n) is 6.60. The average Bonchev–Trinajstić information content (AvgIpc) is 2.26. The highest BCUT2D eigenvalue weighted by atomic mass is 16.3. The number of nitrogens with zero attached hydrogens (tertiary/aromatic N) is 1. The van der Waals surface area contributed by atoms with E-state index in [-0.39, 0.29) is 35.4 Å². The lowest BCUT2D eigenvalue weighted by atomic mass is 10.1. The number of benzene rings is 1. The topological polar surface area (TPSA) is 60.8 Å². The van der Waals surface area contributed by atoms with Gasteiger partial charge in [-0.3, -0.25) is 9.69 Å². The molecule has 0 aromatic heterocycles. The summed E-state index contributed by atoms with van der Waals surface area (Å²) in [5.74, 6) is 0.130. The van der Waals surface area contributed by atoms with Crippen molar-refractivity contribution in [3.05, 3.63) is 23.8 Å². The second-order valence-corrected chi connectivity index (χ2v) is 5.54. The Morgan fingerprint density at radius 1 is 1.21 bits per heavy atom. The fourth-order valence-corrected chi connectivity index (χ4v) is 1.95. The van der Waals surface area contributed by atoms with E-state index in [1.807, 2.05) is 13.8 Å². The lowest BCUT2D eigenvalue weighted by molar-refractivity contribution is 0.0890. The second-order valence-electron chi connectivity index (χ2n) is 5.54. The molecule has 0 saturated heterocycles. The largest absolute Gasteiger partial charge is 0.508 e. The van der Waals surface area contributed by atoms with E-state index in [1.165, 1.54) is 18.2 Å². The maximum atomic E-state index is 12.2. The number of rotatable bonds is 6. The Kier molecular flexibility index (Phi) is 5.36. The summed E-state index contributed by atoms with van der Waals surface area (Å²) in [6.45, 7) is 9.42. The predicted octanol–water partition coefficient (Wildman–Crippen LogP) is 2.65. The van der Waals surface area contributed by atoms with Gasteiger partial charge < -0.3 is 10.2 Å². The third-order valence-electron chi connectivity index (χ3n) is 2.96. The van der Waals surface area contributed by atoms with Crippen molar-refractivity contribution in [1.82, 2.24) is 4.90 Å². The highest BCUT2D eigenvalue weighted by Crippen LogP contribution is 2.23. The van der Waals surface area contributed by atoms with E-state index in [1.54, 1.807) is 0 Å². The number of phenolic OH excluding ortho intramolecular Hbond substituents is 2. The number of ketones is 1. The van der Waals surface area contributed by atoms with Crippen molar-refractivity contribution in [2.45, 2.75) is 33.7 Å². The van der Waals surface area contributed by atoms with Gasteiger partial charge in [-0.2, -0.15) is 0 Å². The summed E-state index contributed by atoms with van der Waals surface area (Å²) in [6, 6.07) is 4.33. The number of hydrogen-bond acceptors (Lipinski definition) is 4. The number of carbonyl (C=O) groups excluding carboxylic acids is 1. The third kappa shape index (κ3) is 4.56. The van der Waals surface area contributed by atoms with Crippen LogP contribution < -0.4 is 0 Å². The van der Waals surface area contributed by atoms with Gasteiger partial charge >= 0.3 is 0 Å². The second kappa shape index (κ2) is 6.57. The van der Waals surface area contributed by atoms with Crippen LogP contribution in [0.25, 0.3) is 0 Å². The van der Waals surface area contributed by atoms with Crippen LogP contribution in [0, 0.1) is 5.92 Å². The van der Waals surface area contributed by atoms with Gasteiger partial charge in [-0.1, -0.05) is 13.8 Å². The number of Topliss-reactive ketones (excluding diaryl/α,β-unsaturated/α-hetero) is 1. The fourth-order valence-electron chi connectivity index (χ4n) is 1.95. The molecule has 2 N–H and O–H groups in total. The van der Waals surface area contributed by atoms with Crippen LogP contribution in [0.2, 0.25) is 0 Å². The first kappa shape index (κ1) is 15.5. The molecule has 0 unspecified atom stereocenters. The molecule has 0 aliphatic heterocycles. The molecule has 0 amide bonds. The van der Waals surface area contributed by atoms with Crippen LogP contribution in [-0.2, 0) is 0 Å². The van der Waals surface area contributed by atoms with Gasteiger partial charge in [0, 0.05) is 18.7 Å². The van der Waals surface area contributed by atoms with Crippen LogP contribution >= 0.6 is 0 Å². The van der Waals surface area contributed by atoms with E-state index >= 15 is 0 Å². The van der Waals surface area contributed by atoms with Gasteiger partial charge in [-0.15, -0.1) is 0 Å². The maximum absolute atomic E-state index is 12.2. The minimum absolute atomic E-state index is 0.0445. The molecule has 0 bridgehead atoms. The molecule has 1 rings (SSSR count). The lowest BCUT2D eigenvalue weighted by Crippen LogP contribution is -2.38. The van der Waals surface area contributed by atoms with Crippen molar-refractivity contribution in [3.63, 3.8) is 0 Å². The first-order valence-corrected chi connectivity index (χ1v) is 6.60. The van der Waals surface area contributed by atoms with E-state index in [4.69, 9.17) is 0 Å². The molecular formula is C15H23NO3. The van der Waals surface area contributed by atoms with Crippen molar-refractivity contribution in [2.75, 3.05) is 13.1 Å². The molecular weight excluding hydrogens is 242 g/mol. The maximum Gasteiger partial charge on any atom is 0.180 e. The summed E-state index contributed by atoms with van der Waals surface area (Å²) in [7, 11) is 0. The fraction of sp³-hybridized carbons (Fsp3) is 0.533. The Balaban J connectivity index is 2.81. The molecule has 1 aromatic carbocycles. The number of phenols is 2. The van der Waals surface area contributed by atoms with Gasteiger partial charge in [0.05, 0.1) is 12.1 Å². The van der Waals surface area contributed by atoms with Crippen LogP contribution in [0.15, 0.2) is 18.2 Å². The summed E-state index contributed by atoms with van der Waals surface area (Å²) in [5.41, 5.74) is 0.257. The predicted molar refractivity (Wildman–Crippen MR) is 75.6 cm³/mol. The molecule has 0 saturated carbocycles. The summed E-state index contributed by atoms with van der Waals surface area (Å²) >= 11 is 0. The van der Waals surface area contributed by atoms with Crippen molar-refractivity contribution >= 4 is 5.78 Å². The quantitative estimate of drug-likeness (QED) is 0.776. The zero-order valence-corrected chi connectivity index (χ0v) is 12.1. The van der Waals surface area contributed by atoms with Crippen LogP contribution in [-0.4, -0.2) is 40.0 Å². The van der Waals surface area contributed by atoms with Crippen LogP contribution in [0.4, 0.5) is 0 Å². The SMILES string of the molecule is CC(C)CN(CC(=O)c1ccc(O)cc1O)C(C)C. The highest BCUT2D eigenvalue weighted by Gasteiger charge is 2.18. The van der Waals surface area contributed by atoms with Gasteiger partial charge in [0.1, 0.15) is 11.5 Å². The van der Waals surface area contributed by atoms with Crippen LogP contribution in [0.5, 0.6) is 11.5 Å². The van der Waals surface area contributed by atoms with Crippen LogP contribution in [0.3, 0.4) is 0 Å². The average molecular weight is 265 g/mol. The summed E-state index contributed by atoms with van der Waals surface area (Å²) in [6.07, 6.45) is 0. The van der Waals surface area contributed by atoms with Crippen molar-refractivity contribution in [3.8, 4) is 11.5 Å². The molecule has 1 aromatic rings. The third-order valence-corrected chi connectivity index (χ3v) is 2.96. The summed E-state index contributed by atoms with van der Waals surface area (Å²) < 4.78 is 0. The molecule has 0 fully saturated rings. The number of aromatic hydroxyl groups is 2. The Hall–Kier alpha value is -1.55. The van der Waals surface area contributed by atoms with Crippen LogP contribution in [0.1, 0.15) is 38.1 Å². The molecule has 0 aliphatic carbocycles. The Bertz CT molecular complexity index is 441. The van der Waals surface area contributed by atoms with E-state index in [2.05, 4.69) is 18.7 Å². The Morgan fingerprint density at radius 3 is 2.32 bits per heavy atom. The molecule has 0 spiro atoms. The zero-order valence-electron chi connectivity index (χ0n) is 12.1. The van der Waals surface area contributed by atoms with Crippen molar-refractivity contribution in [2.24, 2.45) is 5.92 Å². The van der Waals surface area contributed by atoms with Gasteiger partial charge in [-0.25, -0.2) is 0 Å². The number of hydrogen-bond donors (Lipinski definition) is 2. The van der Waals surface area contributed by atoms with Gasteiger partial charge in [-0.05, 0) is 31.9 Å². The van der Waals surface area contributed by atoms with Gasteiger partial charge in [0.25, 0.3) is 0 Å². The van der Waals surface area contributed by atoms with Crippen molar-refractivity contribution < 1.29 is 15.0 Å². The normalized spacial score (nSPS) is 11.5. The standard InChI is InChI=1S/C15H23NO3/c1-10(2)8-16(11(3)4)9-15(19)13-6-5-12(17)7-14(13)18/h5-7,10-11,17-18H,8-9H2,1-4H3.